The van der Waals surface area contributed by atoms with Crippen molar-refractivity contribution in [1.29, 1.82) is 0 Å². The van der Waals surface area contributed by atoms with E-state index in [1.54, 1.807) is 0 Å². The zero-order valence-electron chi connectivity index (χ0n) is 9.26. The van der Waals surface area contributed by atoms with Gasteiger partial charge in [0.15, 0.2) is 11.5 Å². The van der Waals surface area contributed by atoms with Crippen molar-refractivity contribution in [1.82, 2.24) is 4.68 Å². The molecule has 0 amide bonds. The summed E-state index contributed by atoms with van der Waals surface area (Å²) in [6.45, 7) is 1.83. The van der Waals surface area contributed by atoms with E-state index >= 15 is 0 Å². The van der Waals surface area contributed by atoms with Gasteiger partial charge in [-0.3, -0.25) is 4.79 Å². The minimum absolute atomic E-state index is 0.137. The van der Waals surface area contributed by atoms with Crippen LogP contribution in [-0.4, -0.2) is 10.5 Å². The van der Waals surface area contributed by atoms with Crippen LogP contribution < -0.4 is 4.85 Å². The molecule has 17 heavy (non-hydrogen) atoms. The molecule has 4 nitrogen and oxygen atoms in total. The molecular formula is C12H11BrN2O2. The molecule has 0 spiro atoms. The van der Waals surface area contributed by atoms with Crippen molar-refractivity contribution in [3.8, 4) is 0 Å². The van der Waals surface area contributed by atoms with Gasteiger partial charge in [-0.1, -0.05) is 35.2 Å². The van der Waals surface area contributed by atoms with Crippen LogP contribution in [0.4, 0.5) is 0 Å². The third-order valence-electron chi connectivity index (χ3n) is 2.45. The van der Waals surface area contributed by atoms with Crippen LogP contribution in [0.5, 0.6) is 0 Å². The standard InChI is InChI=1S/C12H11BrN2O2/c1-9(16)12-11(13)8-15(17)14(12)7-10-5-3-2-4-6-10/h2-6,8H,7H2,1H3. The van der Waals surface area contributed by atoms with Crippen LogP contribution in [0.3, 0.4) is 0 Å². The number of aromatic nitrogens is 2. The van der Waals surface area contributed by atoms with Gasteiger partial charge >= 0.3 is 0 Å². The second-order valence-corrected chi connectivity index (χ2v) is 4.58. The molecule has 0 atom stereocenters. The molecule has 0 saturated heterocycles. The maximum Gasteiger partial charge on any atom is 0.224 e. The molecule has 0 fully saturated rings. The molecule has 1 heterocycles. The first-order chi connectivity index (χ1) is 8.09. The molecule has 0 aliphatic rings. The average molecular weight is 295 g/mol. The molecule has 0 unspecified atom stereocenters. The Kier molecular flexibility index (Phi) is 3.28. The molecule has 5 heteroatoms. The Morgan fingerprint density at radius 2 is 2.06 bits per heavy atom. The summed E-state index contributed by atoms with van der Waals surface area (Å²) in [5.74, 6) is -0.137. The van der Waals surface area contributed by atoms with Crippen molar-refractivity contribution in [2.45, 2.75) is 13.5 Å². The smallest absolute Gasteiger partial charge is 0.224 e. The third-order valence-corrected chi connectivity index (χ3v) is 3.04. The van der Waals surface area contributed by atoms with Crippen LogP contribution in [0.2, 0.25) is 0 Å². The van der Waals surface area contributed by atoms with Crippen LogP contribution in [0.15, 0.2) is 41.0 Å². The fourth-order valence-electron chi connectivity index (χ4n) is 1.70. The van der Waals surface area contributed by atoms with Gasteiger partial charge in [-0.05, 0) is 21.5 Å². The number of carbonyl (C=O) groups is 1. The highest BCUT2D eigenvalue weighted by Gasteiger charge is 2.20. The van der Waals surface area contributed by atoms with Crippen molar-refractivity contribution in [3.05, 3.63) is 57.5 Å². The summed E-state index contributed by atoms with van der Waals surface area (Å²) >= 11 is 3.22. The fraction of sp³-hybridized carbons (Fsp3) is 0.167. The summed E-state index contributed by atoms with van der Waals surface area (Å²) in [4.78, 5) is 12.2. The lowest BCUT2D eigenvalue weighted by Crippen LogP contribution is -2.38. The third kappa shape index (κ3) is 2.39. The largest absolute Gasteiger partial charge is 0.596 e. The van der Waals surface area contributed by atoms with Gasteiger partial charge in [-0.2, -0.15) is 0 Å². The van der Waals surface area contributed by atoms with Gasteiger partial charge in [0, 0.05) is 6.92 Å². The number of hydrogen-bond donors (Lipinski definition) is 0. The number of carbonyl (C=O) groups excluding carboxylic acids is 1. The molecule has 1 aromatic carbocycles. The van der Waals surface area contributed by atoms with Gasteiger partial charge in [0.1, 0.15) is 11.0 Å². The van der Waals surface area contributed by atoms with E-state index in [4.69, 9.17) is 0 Å². The number of benzene rings is 1. The lowest BCUT2D eigenvalue weighted by atomic mass is 10.2. The van der Waals surface area contributed by atoms with Crippen LogP contribution in [0, 0.1) is 5.21 Å². The Labute approximate surface area is 107 Å². The van der Waals surface area contributed by atoms with Crippen molar-refractivity contribution < 1.29 is 9.64 Å². The minimum atomic E-state index is -0.137. The van der Waals surface area contributed by atoms with Gasteiger partial charge in [-0.15, -0.1) is 4.68 Å². The van der Waals surface area contributed by atoms with Gasteiger partial charge < -0.3 is 5.21 Å². The number of ketones is 1. The molecule has 0 N–H and O–H groups in total. The Bertz CT molecular complexity index is 549. The predicted molar refractivity (Wildman–Crippen MR) is 66.6 cm³/mol. The molecule has 0 aliphatic carbocycles. The van der Waals surface area contributed by atoms with Gasteiger partial charge in [-0.25, -0.2) is 0 Å². The summed E-state index contributed by atoms with van der Waals surface area (Å²) in [7, 11) is 0. The molecule has 2 rings (SSSR count). The number of rotatable bonds is 3. The summed E-state index contributed by atoms with van der Waals surface area (Å²) in [6, 6.07) is 9.54. The van der Waals surface area contributed by atoms with Crippen LogP contribution in [0.25, 0.3) is 0 Å². The average Bonchev–Trinajstić information content (AvgIpc) is 2.55. The van der Waals surface area contributed by atoms with Crippen LogP contribution >= 0.6 is 15.9 Å². The zero-order valence-corrected chi connectivity index (χ0v) is 10.8. The van der Waals surface area contributed by atoms with Gasteiger partial charge in [0.05, 0.1) is 0 Å². The SMILES string of the molecule is CC(=O)c1c(Br)c[n+]([O-])n1Cc1ccccc1. The molecule has 0 aliphatic heterocycles. The maximum atomic E-state index is 11.7. The lowest BCUT2D eigenvalue weighted by molar-refractivity contribution is -0.693. The Balaban J connectivity index is 2.42. The number of Topliss-reactive ketones (excluding diaryl/α,β-unsaturated/α-hetero) is 1. The van der Waals surface area contributed by atoms with Crippen molar-refractivity contribution >= 4 is 21.7 Å². The van der Waals surface area contributed by atoms with Crippen molar-refractivity contribution in [2.75, 3.05) is 0 Å². The van der Waals surface area contributed by atoms with Crippen LogP contribution in [0.1, 0.15) is 23.0 Å². The topological polar surface area (TPSA) is 48.9 Å². The van der Waals surface area contributed by atoms with E-state index in [0.717, 1.165) is 5.56 Å². The number of hydrogen-bond acceptors (Lipinski definition) is 2. The van der Waals surface area contributed by atoms with E-state index in [2.05, 4.69) is 15.9 Å². The molecule has 88 valence electrons. The number of nitrogens with zero attached hydrogens (tertiary/aromatic N) is 2. The highest BCUT2D eigenvalue weighted by Crippen LogP contribution is 2.16. The summed E-state index contributed by atoms with van der Waals surface area (Å²) in [5, 5.41) is 11.7. The first-order valence-electron chi connectivity index (χ1n) is 5.13. The number of halogens is 1. The second-order valence-electron chi connectivity index (χ2n) is 3.73. The Morgan fingerprint density at radius 3 is 2.65 bits per heavy atom. The molecule has 0 saturated carbocycles. The van der Waals surface area contributed by atoms with Crippen LogP contribution in [-0.2, 0) is 6.54 Å². The highest BCUT2D eigenvalue weighted by molar-refractivity contribution is 9.10. The van der Waals surface area contributed by atoms with E-state index in [0.29, 0.717) is 21.6 Å². The molecule has 2 aromatic rings. The zero-order chi connectivity index (χ0) is 12.4. The first kappa shape index (κ1) is 11.9. The quantitative estimate of drug-likeness (QED) is 0.495. The van der Waals surface area contributed by atoms with E-state index in [9.17, 15) is 10.0 Å². The molecule has 0 radical (unpaired) electrons. The fourth-order valence-corrected chi connectivity index (χ4v) is 2.36. The van der Waals surface area contributed by atoms with Crippen molar-refractivity contribution in [2.24, 2.45) is 0 Å². The summed E-state index contributed by atoms with van der Waals surface area (Å²) in [5.41, 5.74) is 1.37. The van der Waals surface area contributed by atoms with E-state index in [1.807, 2.05) is 30.3 Å². The van der Waals surface area contributed by atoms with E-state index < -0.39 is 0 Å². The van der Waals surface area contributed by atoms with E-state index in [-0.39, 0.29) is 5.78 Å². The Hall–Kier alpha value is -1.62. The van der Waals surface area contributed by atoms with Crippen molar-refractivity contribution in [3.63, 3.8) is 0 Å². The maximum absolute atomic E-state index is 11.7. The summed E-state index contributed by atoms with van der Waals surface area (Å²) in [6.07, 6.45) is 1.35. The normalized spacial score (nSPS) is 10.5. The van der Waals surface area contributed by atoms with E-state index in [1.165, 1.54) is 17.8 Å². The molecular weight excluding hydrogens is 284 g/mol. The summed E-state index contributed by atoms with van der Waals surface area (Å²) < 4.78 is 1.93. The molecule has 0 bridgehead atoms. The highest BCUT2D eigenvalue weighted by atomic mass is 79.9. The predicted octanol–water partition coefficient (Wildman–Crippen LogP) is 2.13. The molecule has 1 aromatic heterocycles. The minimum Gasteiger partial charge on any atom is -0.596 e. The second kappa shape index (κ2) is 4.71. The Morgan fingerprint density at radius 1 is 1.41 bits per heavy atom. The first-order valence-corrected chi connectivity index (χ1v) is 5.92. The lowest BCUT2D eigenvalue weighted by Gasteiger charge is -2.05. The van der Waals surface area contributed by atoms with Gasteiger partial charge in [0.25, 0.3) is 0 Å². The van der Waals surface area contributed by atoms with Gasteiger partial charge in [0.2, 0.25) is 6.20 Å². The monoisotopic (exact) mass is 294 g/mol.